The maximum Gasteiger partial charge on any atom is 0.326 e. The molecular weight excluding hydrogens is 144 g/mol. The highest BCUT2D eigenvalue weighted by molar-refractivity contribution is 5.85. The first-order valence-corrected chi connectivity index (χ1v) is 3.70. The fourth-order valence-electron chi connectivity index (χ4n) is 1.10. The number of carbonyl (C=O) groups is 1. The lowest BCUT2D eigenvalue weighted by molar-refractivity contribution is -0.139. The summed E-state index contributed by atoms with van der Waals surface area (Å²) in [5, 5.41) is 11.5. The van der Waals surface area contributed by atoms with Crippen LogP contribution in [0.1, 0.15) is 19.8 Å². The second-order valence-corrected chi connectivity index (χ2v) is 2.64. The summed E-state index contributed by atoms with van der Waals surface area (Å²) >= 11 is 0. The summed E-state index contributed by atoms with van der Waals surface area (Å²) < 4.78 is 0. The van der Waals surface area contributed by atoms with Crippen LogP contribution in [0.3, 0.4) is 0 Å². The lowest BCUT2D eigenvalue weighted by atomic mass is 10.1. The lowest BCUT2D eigenvalue weighted by Crippen LogP contribution is -2.38. The molecule has 0 bridgehead atoms. The van der Waals surface area contributed by atoms with E-state index in [-0.39, 0.29) is 0 Å². The summed E-state index contributed by atoms with van der Waals surface area (Å²) in [6.07, 6.45) is 1.51. The topological polar surface area (TPSA) is 61.7 Å². The highest BCUT2D eigenvalue weighted by atomic mass is 16.4. The standard InChI is InChI=1S/C7H12N2O2/c1-5-8-4-2-3-6(9-5)7(10)11/h6H,2-4H2,1H3,(H,8,9)(H,10,11). The normalized spacial score (nSPS) is 24.8. The molecule has 0 fully saturated rings. The zero-order valence-electron chi connectivity index (χ0n) is 6.50. The molecule has 4 heteroatoms. The van der Waals surface area contributed by atoms with Crippen molar-refractivity contribution in [1.82, 2.24) is 5.32 Å². The van der Waals surface area contributed by atoms with Crippen LogP contribution in [0.15, 0.2) is 4.99 Å². The number of aliphatic carboxylic acids is 1. The predicted octanol–water partition coefficient (Wildman–Crippen LogP) is 0.241. The maximum atomic E-state index is 10.5. The van der Waals surface area contributed by atoms with Crippen LogP contribution in [-0.2, 0) is 4.79 Å². The van der Waals surface area contributed by atoms with Gasteiger partial charge in [0.25, 0.3) is 0 Å². The molecule has 0 spiro atoms. The number of amidine groups is 1. The van der Waals surface area contributed by atoms with Crippen LogP contribution >= 0.6 is 0 Å². The quantitative estimate of drug-likeness (QED) is 0.571. The van der Waals surface area contributed by atoms with Gasteiger partial charge < -0.3 is 10.4 Å². The molecule has 2 N–H and O–H groups in total. The van der Waals surface area contributed by atoms with Gasteiger partial charge in [0.2, 0.25) is 0 Å². The molecule has 0 saturated carbocycles. The van der Waals surface area contributed by atoms with Crippen LogP contribution < -0.4 is 5.32 Å². The minimum Gasteiger partial charge on any atom is -0.480 e. The van der Waals surface area contributed by atoms with E-state index in [9.17, 15) is 4.79 Å². The first-order chi connectivity index (χ1) is 5.20. The number of hydrogen-bond acceptors (Lipinski definition) is 3. The Morgan fingerprint density at radius 2 is 2.55 bits per heavy atom. The molecule has 1 rings (SSSR count). The van der Waals surface area contributed by atoms with E-state index in [1.165, 1.54) is 0 Å². The molecule has 0 aromatic heterocycles. The molecule has 0 saturated heterocycles. The van der Waals surface area contributed by atoms with Gasteiger partial charge in [-0.15, -0.1) is 0 Å². The first kappa shape index (κ1) is 8.04. The van der Waals surface area contributed by atoms with Crippen LogP contribution in [0, 0.1) is 0 Å². The molecule has 1 unspecified atom stereocenters. The Morgan fingerprint density at radius 3 is 3.18 bits per heavy atom. The highest BCUT2D eigenvalue weighted by Gasteiger charge is 2.18. The number of rotatable bonds is 1. The van der Waals surface area contributed by atoms with Crippen molar-refractivity contribution >= 4 is 11.8 Å². The van der Waals surface area contributed by atoms with Crippen molar-refractivity contribution in [2.75, 3.05) is 6.54 Å². The summed E-state index contributed by atoms with van der Waals surface area (Å²) in [5.74, 6) is -0.0589. The monoisotopic (exact) mass is 156 g/mol. The first-order valence-electron chi connectivity index (χ1n) is 3.70. The van der Waals surface area contributed by atoms with Crippen molar-refractivity contribution in [3.05, 3.63) is 0 Å². The molecule has 0 aliphatic carbocycles. The Labute approximate surface area is 65.3 Å². The van der Waals surface area contributed by atoms with E-state index in [1.54, 1.807) is 6.92 Å². The van der Waals surface area contributed by atoms with Gasteiger partial charge in [0.15, 0.2) is 0 Å². The molecular formula is C7H12N2O2. The van der Waals surface area contributed by atoms with E-state index < -0.39 is 12.0 Å². The average Bonchev–Trinajstić information content (AvgIpc) is 2.13. The van der Waals surface area contributed by atoms with Crippen LogP contribution in [0.2, 0.25) is 0 Å². The van der Waals surface area contributed by atoms with Gasteiger partial charge >= 0.3 is 5.97 Å². The summed E-state index contributed by atoms with van der Waals surface area (Å²) in [6, 6.07) is -0.443. The minimum atomic E-state index is -0.790. The third-order valence-corrected chi connectivity index (χ3v) is 1.68. The van der Waals surface area contributed by atoms with E-state index in [0.717, 1.165) is 18.8 Å². The Hall–Kier alpha value is -1.06. The third-order valence-electron chi connectivity index (χ3n) is 1.68. The second kappa shape index (κ2) is 3.37. The number of hydrogen-bond donors (Lipinski definition) is 2. The zero-order valence-corrected chi connectivity index (χ0v) is 6.50. The van der Waals surface area contributed by atoms with Gasteiger partial charge in [-0.1, -0.05) is 0 Å². The molecule has 0 amide bonds. The SMILES string of the molecule is CC1=NCCCC(C(=O)O)N1. The summed E-state index contributed by atoms with van der Waals surface area (Å²) in [6.45, 7) is 2.53. The maximum absolute atomic E-state index is 10.5. The molecule has 0 aromatic carbocycles. The molecule has 4 nitrogen and oxygen atoms in total. The average molecular weight is 156 g/mol. The van der Waals surface area contributed by atoms with Crippen LogP contribution in [0.4, 0.5) is 0 Å². The van der Waals surface area contributed by atoms with Gasteiger partial charge in [-0.25, -0.2) is 4.79 Å². The number of carboxylic acid groups (broad SMARTS) is 1. The summed E-state index contributed by atoms with van der Waals surface area (Å²) in [5.41, 5.74) is 0. The van der Waals surface area contributed by atoms with Crippen LogP contribution in [0.25, 0.3) is 0 Å². The molecule has 0 radical (unpaired) electrons. The number of carboxylic acids is 1. The lowest BCUT2D eigenvalue weighted by Gasteiger charge is -2.10. The Balaban J connectivity index is 2.56. The van der Waals surface area contributed by atoms with Crippen LogP contribution in [-0.4, -0.2) is 29.5 Å². The number of aliphatic imine (C=N–C) groups is 1. The Morgan fingerprint density at radius 1 is 1.82 bits per heavy atom. The van der Waals surface area contributed by atoms with Gasteiger partial charge in [0.1, 0.15) is 6.04 Å². The number of nitrogens with zero attached hydrogens (tertiary/aromatic N) is 1. The zero-order chi connectivity index (χ0) is 8.27. The fourth-order valence-corrected chi connectivity index (χ4v) is 1.10. The molecule has 1 aliphatic rings. The van der Waals surface area contributed by atoms with E-state index in [4.69, 9.17) is 5.11 Å². The molecule has 62 valence electrons. The smallest absolute Gasteiger partial charge is 0.326 e. The van der Waals surface area contributed by atoms with E-state index >= 15 is 0 Å². The van der Waals surface area contributed by atoms with Gasteiger partial charge in [-0.05, 0) is 19.8 Å². The molecule has 0 aromatic rings. The largest absolute Gasteiger partial charge is 0.480 e. The number of nitrogens with one attached hydrogen (secondary N) is 1. The van der Waals surface area contributed by atoms with E-state index in [1.807, 2.05) is 0 Å². The van der Waals surface area contributed by atoms with Crippen molar-refractivity contribution in [3.8, 4) is 0 Å². The van der Waals surface area contributed by atoms with Crippen molar-refractivity contribution in [2.45, 2.75) is 25.8 Å². The summed E-state index contributed by atoms with van der Waals surface area (Å²) in [7, 11) is 0. The highest BCUT2D eigenvalue weighted by Crippen LogP contribution is 2.02. The summed E-state index contributed by atoms with van der Waals surface area (Å²) in [4.78, 5) is 14.6. The predicted molar refractivity (Wildman–Crippen MR) is 41.8 cm³/mol. The van der Waals surface area contributed by atoms with Crippen molar-refractivity contribution < 1.29 is 9.90 Å². The van der Waals surface area contributed by atoms with Crippen molar-refractivity contribution in [3.63, 3.8) is 0 Å². The Kier molecular flexibility index (Phi) is 2.46. The van der Waals surface area contributed by atoms with Gasteiger partial charge in [0, 0.05) is 6.54 Å². The van der Waals surface area contributed by atoms with Crippen molar-refractivity contribution in [2.24, 2.45) is 4.99 Å². The fraction of sp³-hybridized carbons (Fsp3) is 0.714. The van der Waals surface area contributed by atoms with Crippen molar-refractivity contribution in [1.29, 1.82) is 0 Å². The van der Waals surface area contributed by atoms with E-state index in [2.05, 4.69) is 10.3 Å². The third kappa shape index (κ3) is 2.22. The van der Waals surface area contributed by atoms with E-state index in [0.29, 0.717) is 6.42 Å². The minimum absolute atomic E-state index is 0.443. The molecule has 1 aliphatic heterocycles. The molecule has 11 heavy (non-hydrogen) atoms. The second-order valence-electron chi connectivity index (χ2n) is 2.64. The molecule has 1 heterocycles. The van der Waals surface area contributed by atoms with Gasteiger partial charge in [-0.2, -0.15) is 0 Å². The Bertz CT molecular complexity index is 189. The van der Waals surface area contributed by atoms with Crippen LogP contribution in [0.5, 0.6) is 0 Å². The van der Waals surface area contributed by atoms with Gasteiger partial charge in [-0.3, -0.25) is 4.99 Å². The molecule has 1 atom stereocenters. The van der Waals surface area contributed by atoms with Gasteiger partial charge in [0.05, 0.1) is 5.84 Å².